The fourth-order valence-corrected chi connectivity index (χ4v) is 2.88. The summed E-state index contributed by atoms with van der Waals surface area (Å²) >= 11 is 1.42. The van der Waals surface area contributed by atoms with Crippen LogP contribution in [0.3, 0.4) is 0 Å². The van der Waals surface area contributed by atoms with E-state index in [1.54, 1.807) is 4.90 Å². The van der Waals surface area contributed by atoms with Gasteiger partial charge in [0.25, 0.3) is 5.91 Å². The van der Waals surface area contributed by atoms with Gasteiger partial charge in [0.2, 0.25) is 0 Å². The zero-order valence-corrected chi connectivity index (χ0v) is 11.5. The normalized spacial score (nSPS) is 18.4. The van der Waals surface area contributed by atoms with Gasteiger partial charge in [0.05, 0.1) is 23.8 Å². The van der Waals surface area contributed by atoms with E-state index in [1.807, 2.05) is 27.7 Å². The average molecular weight is 254 g/mol. The Morgan fingerprint density at radius 2 is 2.06 bits per heavy atom. The number of aromatic nitrogens is 1. The molecule has 5 heteroatoms. The molecule has 0 spiro atoms. The van der Waals surface area contributed by atoms with Gasteiger partial charge in [-0.3, -0.25) is 4.79 Å². The van der Waals surface area contributed by atoms with E-state index in [2.05, 4.69) is 4.98 Å². The lowest BCUT2D eigenvalue weighted by Gasteiger charge is -2.48. The van der Waals surface area contributed by atoms with Crippen LogP contribution in [0.15, 0.2) is 0 Å². The van der Waals surface area contributed by atoms with Crippen LogP contribution in [0.25, 0.3) is 0 Å². The number of amides is 1. The van der Waals surface area contributed by atoms with E-state index in [4.69, 9.17) is 0 Å². The van der Waals surface area contributed by atoms with Crippen molar-refractivity contribution in [1.29, 1.82) is 0 Å². The molecule has 0 saturated carbocycles. The molecule has 17 heavy (non-hydrogen) atoms. The molecule has 1 saturated heterocycles. The van der Waals surface area contributed by atoms with E-state index < -0.39 is 5.60 Å². The second-order valence-corrected chi connectivity index (χ2v) is 6.27. The molecule has 0 bridgehead atoms. The number of thiazole rings is 1. The van der Waals surface area contributed by atoms with Gasteiger partial charge in [-0.2, -0.15) is 0 Å². The lowest BCUT2D eigenvalue weighted by Crippen LogP contribution is -2.65. The van der Waals surface area contributed by atoms with Crippen molar-refractivity contribution in [2.75, 3.05) is 13.1 Å². The summed E-state index contributed by atoms with van der Waals surface area (Å²) in [6.07, 6.45) is 0. The summed E-state index contributed by atoms with van der Waals surface area (Å²) in [6, 6.07) is 0. The predicted molar refractivity (Wildman–Crippen MR) is 67.3 cm³/mol. The van der Waals surface area contributed by atoms with Crippen LogP contribution in [0.2, 0.25) is 0 Å². The third-order valence-electron chi connectivity index (χ3n) is 3.39. The minimum absolute atomic E-state index is 0.00146. The van der Waals surface area contributed by atoms with Crippen molar-refractivity contribution in [2.24, 2.45) is 5.92 Å². The Kier molecular flexibility index (Phi) is 2.99. The van der Waals surface area contributed by atoms with Crippen LogP contribution in [-0.2, 0) is 0 Å². The minimum Gasteiger partial charge on any atom is -0.386 e. The number of nitrogens with zero attached hydrogens (tertiary/aromatic N) is 2. The van der Waals surface area contributed by atoms with Crippen molar-refractivity contribution in [3.63, 3.8) is 0 Å². The summed E-state index contributed by atoms with van der Waals surface area (Å²) in [5.74, 6) is 0.175. The number of β-amino-alcohol motifs (C(OH)–C–C–N with tert-alkyl or cyclic N) is 1. The first kappa shape index (κ1) is 12.5. The highest BCUT2D eigenvalue weighted by atomic mass is 32.1. The zero-order valence-electron chi connectivity index (χ0n) is 10.6. The molecule has 2 rings (SSSR count). The highest BCUT2D eigenvalue weighted by Gasteiger charge is 2.46. The van der Waals surface area contributed by atoms with Gasteiger partial charge in [0.15, 0.2) is 0 Å². The van der Waals surface area contributed by atoms with Gasteiger partial charge in [0, 0.05) is 0 Å². The second-order valence-electron chi connectivity index (χ2n) is 5.07. The maximum atomic E-state index is 12.2. The van der Waals surface area contributed by atoms with Crippen LogP contribution in [0, 0.1) is 19.8 Å². The summed E-state index contributed by atoms with van der Waals surface area (Å²) in [5.41, 5.74) is 0.0843. The number of aliphatic hydroxyl groups is 1. The first-order valence-electron chi connectivity index (χ1n) is 5.79. The molecule has 1 aliphatic heterocycles. The van der Waals surface area contributed by atoms with Crippen molar-refractivity contribution < 1.29 is 9.90 Å². The molecule has 1 amide bonds. The smallest absolute Gasteiger partial charge is 0.266 e. The third kappa shape index (κ3) is 2.09. The van der Waals surface area contributed by atoms with E-state index in [-0.39, 0.29) is 11.8 Å². The van der Waals surface area contributed by atoms with Gasteiger partial charge >= 0.3 is 0 Å². The number of aryl methyl sites for hydroxylation is 2. The van der Waals surface area contributed by atoms with Crippen LogP contribution >= 0.6 is 11.3 Å². The number of hydrogen-bond acceptors (Lipinski definition) is 4. The van der Waals surface area contributed by atoms with Crippen LogP contribution in [0.1, 0.15) is 34.2 Å². The van der Waals surface area contributed by atoms with Gasteiger partial charge < -0.3 is 10.0 Å². The topological polar surface area (TPSA) is 53.4 Å². The fraction of sp³-hybridized carbons (Fsp3) is 0.667. The highest BCUT2D eigenvalue weighted by Crippen LogP contribution is 2.31. The molecule has 1 aromatic heterocycles. The molecule has 4 nitrogen and oxygen atoms in total. The molecular weight excluding hydrogens is 236 g/mol. The van der Waals surface area contributed by atoms with Gasteiger partial charge in [-0.15, -0.1) is 11.3 Å². The molecule has 1 N–H and O–H groups in total. The molecule has 94 valence electrons. The number of carbonyl (C=O) groups is 1. The van der Waals surface area contributed by atoms with Crippen molar-refractivity contribution in [3.05, 3.63) is 15.6 Å². The quantitative estimate of drug-likeness (QED) is 0.872. The second kappa shape index (κ2) is 4.07. The van der Waals surface area contributed by atoms with Crippen LogP contribution in [0.4, 0.5) is 0 Å². The Morgan fingerprint density at radius 1 is 1.47 bits per heavy atom. The average Bonchev–Trinajstić information content (AvgIpc) is 2.51. The van der Waals surface area contributed by atoms with E-state index in [0.717, 1.165) is 10.7 Å². The zero-order chi connectivity index (χ0) is 12.8. The summed E-state index contributed by atoms with van der Waals surface area (Å²) in [5, 5.41) is 11.0. The Balaban J connectivity index is 2.08. The predicted octanol–water partition coefficient (Wildman–Crippen LogP) is 1.60. The number of rotatable bonds is 2. The van der Waals surface area contributed by atoms with Crippen molar-refractivity contribution >= 4 is 17.2 Å². The minimum atomic E-state index is -0.705. The molecule has 0 aliphatic carbocycles. The van der Waals surface area contributed by atoms with Gasteiger partial charge in [0.1, 0.15) is 10.5 Å². The Bertz CT molecular complexity index is 447. The molecule has 2 heterocycles. The highest BCUT2D eigenvalue weighted by molar-refractivity contribution is 7.13. The molecule has 0 unspecified atom stereocenters. The third-order valence-corrected chi connectivity index (χ3v) is 4.45. The molecule has 1 aromatic rings. The van der Waals surface area contributed by atoms with Crippen molar-refractivity contribution in [2.45, 2.75) is 33.3 Å². The lowest BCUT2D eigenvalue weighted by atomic mass is 9.83. The number of hydrogen-bond donors (Lipinski definition) is 1. The Morgan fingerprint density at radius 3 is 2.47 bits per heavy atom. The van der Waals surface area contributed by atoms with Gasteiger partial charge in [-0.25, -0.2) is 4.98 Å². The van der Waals surface area contributed by atoms with E-state index in [1.165, 1.54) is 11.3 Å². The Hall–Kier alpha value is -0.940. The monoisotopic (exact) mass is 254 g/mol. The van der Waals surface area contributed by atoms with Crippen molar-refractivity contribution in [1.82, 2.24) is 9.88 Å². The summed E-state index contributed by atoms with van der Waals surface area (Å²) < 4.78 is 0. The van der Waals surface area contributed by atoms with E-state index in [9.17, 15) is 9.90 Å². The molecule has 1 fully saturated rings. The number of likely N-dealkylation sites (tertiary alicyclic amines) is 1. The first-order chi connectivity index (χ1) is 7.83. The maximum absolute atomic E-state index is 12.2. The molecule has 0 radical (unpaired) electrons. The largest absolute Gasteiger partial charge is 0.386 e. The molecule has 1 aliphatic rings. The standard InChI is InChI=1S/C12H18N2O2S/c1-7(2)12(16)5-14(6-12)11(15)10-8(3)13-9(4)17-10/h7,16H,5-6H2,1-4H3. The Labute approximate surface area is 105 Å². The molecule has 0 atom stereocenters. The maximum Gasteiger partial charge on any atom is 0.266 e. The van der Waals surface area contributed by atoms with E-state index >= 15 is 0 Å². The van der Waals surface area contributed by atoms with E-state index in [0.29, 0.717) is 18.0 Å². The first-order valence-corrected chi connectivity index (χ1v) is 6.61. The fourth-order valence-electron chi connectivity index (χ4n) is 2.00. The van der Waals surface area contributed by atoms with Crippen molar-refractivity contribution in [3.8, 4) is 0 Å². The van der Waals surface area contributed by atoms with Crippen LogP contribution < -0.4 is 0 Å². The summed E-state index contributed by atoms with van der Waals surface area (Å²) in [7, 11) is 0. The number of carbonyl (C=O) groups excluding carboxylic acids is 1. The summed E-state index contributed by atoms with van der Waals surface area (Å²) in [4.78, 5) is 18.8. The molecule has 0 aromatic carbocycles. The lowest BCUT2D eigenvalue weighted by molar-refractivity contribution is -0.110. The van der Waals surface area contributed by atoms with Gasteiger partial charge in [-0.1, -0.05) is 13.8 Å². The van der Waals surface area contributed by atoms with Crippen LogP contribution in [0.5, 0.6) is 0 Å². The van der Waals surface area contributed by atoms with Gasteiger partial charge in [-0.05, 0) is 19.8 Å². The SMILES string of the molecule is Cc1nc(C)c(C(=O)N2CC(O)(C(C)C)C2)s1. The van der Waals surface area contributed by atoms with Crippen LogP contribution in [-0.4, -0.2) is 39.6 Å². The molecular formula is C12H18N2O2S. The summed E-state index contributed by atoms with van der Waals surface area (Å²) in [6.45, 7) is 8.56.